The van der Waals surface area contributed by atoms with Crippen molar-refractivity contribution in [1.29, 1.82) is 0 Å². The number of esters is 1. The summed E-state index contributed by atoms with van der Waals surface area (Å²) in [4.78, 5) is 21.9. The monoisotopic (exact) mass is 505 g/mol. The summed E-state index contributed by atoms with van der Waals surface area (Å²) in [5.41, 5.74) is 3.24. The summed E-state index contributed by atoms with van der Waals surface area (Å²) in [5.74, 6) is -0.367. The van der Waals surface area contributed by atoms with Crippen LogP contribution in [0.2, 0.25) is 0 Å². The summed E-state index contributed by atoms with van der Waals surface area (Å²) in [6.45, 7) is 5.32. The first-order chi connectivity index (χ1) is 17.7. The highest BCUT2D eigenvalue weighted by Gasteiger charge is 2.41. The minimum absolute atomic E-state index is 0.0993. The average Bonchev–Trinajstić information content (AvgIpc) is 3.53. The molecule has 188 valence electrons. The summed E-state index contributed by atoms with van der Waals surface area (Å²) in [5, 5.41) is 4.25. The Morgan fingerprint density at radius 1 is 1.11 bits per heavy atom. The van der Waals surface area contributed by atoms with Crippen LogP contribution in [0.5, 0.6) is 0 Å². The summed E-state index contributed by atoms with van der Waals surface area (Å²) < 4.78 is 12.6. The molecule has 5 rings (SSSR count). The van der Waals surface area contributed by atoms with Gasteiger partial charge in [0, 0.05) is 44.3 Å². The average molecular weight is 506 g/mol. The molecule has 8 nitrogen and oxygen atoms in total. The molecule has 9 heteroatoms. The van der Waals surface area contributed by atoms with E-state index in [-0.39, 0.29) is 18.1 Å². The number of pyridine rings is 1. The zero-order valence-corrected chi connectivity index (χ0v) is 21.2. The van der Waals surface area contributed by atoms with Crippen LogP contribution in [0.15, 0.2) is 67.0 Å². The van der Waals surface area contributed by atoms with Gasteiger partial charge in [0.2, 0.25) is 0 Å². The first-order valence-electron chi connectivity index (χ1n) is 12.3. The predicted molar refractivity (Wildman–Crippen MR) is 141 cm³/mol. The molecule has 0 spiro atoms. The molecule has 2 aliphatic rings. The SMILES string of the molecule is COC(=O)c1ccccc1-n1cccc1[C@@H]1[C@@H](c2ccccn2)NC(=S)N1CCCN1CCOCC1. The number of carbonyl (C=O) groups excluding carboxylic acids is 1. The Hall–Kier alpha value is -3.27. The standard InChI is InChI=1S/C27H31N5O3S/c1-34-26(33)20-8-2-3-10-22(20)31-14-6-11-23(31)25-24(21-9-4-5-12-28-21)29-27(36)32(25)15-7-13-30-16-18-35-19-17-30/h2-6,8-12,14,24-25H,7,13,15-19H2,1H3,(H,29,36)/t24-,25-/m1/s1. The van der Waals surface area contributed by atoms with Crippen molar-refractivity contribution in [2.45, 2.75) is 18.5 Å². The molecular formula is C27H31N5O3S. The second-order valence-corrected chi connectivity index (χ2v) is 9.33. The van der Waals surface area contributed by atoms with Crippen LogP contribution in [0.1, 0.15) is 40.3 Å². The number of carbonyl (C=O) groups is 1. The van der Waals surface area contributed by atoms with Gasteiger partial charge in [0.1, 0.15) is 0 Å². The maximum Gasteiger partial charge on any atom is 0.339 e. The van der Waals surface area contributed by atoms with Crippen molar-refractivity contribution in [3.8, 4) is 5.69 Å². The van der Waals surface area contributed by atoms with Crippen molar-refractivity contribution >= 4 is 23.3 Å². The number of para-hydroxylation sites is 1. The lowest BCUT2D eigenvalue weighted by atomic mass is 10.0. The highest BCUT2D eigenvalue weighted by atomic mass is 32.1. The Kier molecular flexibility index (Phi) is 7.60. The Balaban J connectivity index is 1.49. The second-order valence-electron chi connectivity index (χ2n) is 8.94. The first-order valence-corrected chi connectivity index (χ1v) is 12.7. The van der Waals surface area contributed by atoms with E-state index >= 15 is 0 Å². The highest BCUT2D eigenvalue weighted by Crippen LogP contribution is 2.40. The Labute approximate surface area is 216 Å². The molecule has 36 heavy (non-hydrogen) atoms. The molecule has 2 aromatic heterocycles. The number of morpholine rings is 1. The fourth-order valence-electron chi connectivity index (χ4n) is 5.08. The zero-order chi connectivity index (χ0) is 24.9. The van der Waals surface area contributed by atoms with Gasteiger partial charge in [0.05, 0.1) is 49.4 Å². The number of ether oxygens (including phenoxy) is 2. The molecule has 0 saturated carbocycles. The molecule has 1 N–H and O–H groups in total. The first kappa shape index (κ1) is 24.4. The van der Waals surface area contributed by atoms with Gasteiger partial charge in [-0.1, -0.05) is 18.2 Å². The lowest BCUT2D eigenvalue weighted by Gasteiger charge is -2.31. The third-order valence-electron chi connectivity index (χ3n) is 6.83. The molecular weight excluding hydrogens is 474 g/mol. The molecule has 0 radical (unpaired) electrons. The summed E-state index contributed by atoms with van der Waals surface area (Å²) in [6.07, 6.45) is 4.77. The Morgan fingerprint density at radius 3 is 2.69 bits per heavy atom. The molecule has 2 saturated heterocycles. The van der Waals surface area contributed by atoms with Crippen LogP contribution >= 0.6 is 12.2 Å². The maximum absolute atomic E-state index is 12.6. The van der Waals surface area contributed by atoms with Gasteiger partial charge >= 0.3 is 5.97 Å². The van der Waals surface area contributed by atoms with E-state index < -0.39 is 0 Å². The predicted octanol–water partition coefficient (Wildman–Crippen LogP) is 3.35. The molecule has 2 fully saturated rings. The largest absolute Gasteiger partial charge is 0.465 e. The minimum atomic E-state index is -0.367. The molecule has 3 aromatic rings. The minimum Gasteiger partial charge on any atom is -0.465 e. The third kappa shape index (κ3) is 5.00. The van der Waals surface area contributed by atoms with Crippen molar-refractivity contribution < 1.29 is 14.3 Å². The van der Waals surface area contributed by atoms with Gasteiger partial charge in [-0.2, -0.15) is 0 Å². The number of hydrogen-bond donors (Lipinski definition) is 1. The number of benzene rings is 1. The molecule has 0 amide bonds. The number of rotatable bonds is 8. The van der Waals surface area contributed by atoms with Gasteiger partial charge < -0.3 is 24.3 Å². The number of aromatic nitrogens is 2. The van der Waals surface area contributed by atoms with E-state index in [1.165, 1.54) is 7.11 Å². The van der Waals surface area contributed by atoms with Gasteiger partial charge in [-0.3, -0.25) is 9.88 Å². The molecule has 0 aliphatic carbocycles. The van der Waals surface area contributed by atoms with E-state index in [1.54, 1.807) is 6.07 Å². The van der Waals surface area contributed by atoms with E-state index in [2.05, 4.69) is 30.7 Å². The Morgan fingerprint density at radius 2 is 1.92 bits per heavy atom. The molecule has 0 unspecified atom stereocenters. The van der Waals surface area contributed by atoms with Crippen LogP contribution in [-0.2, 0) is 9.47 Å². The van der Waals surface area contributed by atoms with Crippen molar-refractivity contribution in [3.05, 3.63) is 83.9 Å². The Bertz CT molecular complexity index is 1190. The maximum atomic E-state index is 12.6. The van der Waals surface area contributed by atoms with Gasteiger partial charge in [-0.15, -0.1) is 0 Å². The smallest absolute Gasteiger partial charge is 0.339 e. The van der Waals surface area contributed by atoms with Crippen molar-refractivity contribution in [1.82, 2.24) is 24.7 Å². The van der Waals surface area contributed by atoms with Crippen molar-refractivity contribution in [2.24, 2.45) is 0 Å². The second kappa shape index (κ2) is 11.2. The number of nitrogens with zero attached hydrogens (tertiary/aromatic N) is 4. The van der Waals surface area contributed by atoms with E-state index in [0.29, 0.717) is 10.7 Å². The lowest BCUT2D eigenvalue weighted by molar-refractivity contribution is 0.0365. The van der Waals surface area contributed by atoms with E-state index in [1.807, 2.05) is 54.9 Å². The normalized spacial score (nSPS) is 20.4. The van der Waals surface area contributed by atoms with Crippen LogP contribution in [0.25, 0.3) is 5.69 Å². The number of nitrogens with one attached hydrogen (secondary N) is 1. The van der Waals surface area contributed by atoms with Gasteiger partial charge in [0.25, 0.3) is 0 Å². The summed E-state index contributed by atoms with van der Waals surface area (Å²) in [6, 6.07) is 17.3. The quantitative estimate of drug-likeness (QED) is 0.369. The molecule has 2 atom stereocenters. The van der Waals surface area contributed by atoms with Gasteiger partial charge in [-0.05, 0) is 55.0 Å². The van der Waals surface area contributed by atoms with Crippen LogP contribution in [0, 0.1) is 0 Å². The van der Waals surface area contributed by atoms with Gasteiger partial charge in [-0.25, -0.2) is 4.79 Å². The molecule has 1 aromatic carbocycles. The van der Waals surface area contributed by atoms with Gasteiger partial charge in [0.15, 0.2) is 5.11 Å². The summed E-state index contributed by atoms with van der Waals surface area (Å²) in [7, 11) is 1.41. The number of methoxy groups -OCH3 is 1. The van der Waals surface area contributed by atoms with Crippen LogP contribution < -0.4 is 5.32 Å². The highest BCUT2D eigenvalue weighted by molar-refractivity contribution is 7.80. The zero-order valence-electron chi connectivity index (χ0n) is 20.4. The lowest BCUT2D eigenvalue weighted by Crippen LogP contribution is -2.39. The topological polar surface area (TPSA) is 71.9 Å². The molecule has 2 aliphatic heterocycles. The number of thiocarbonyl (C=S) groups is 1. The third-order valence-corrected chi connectivity index (χ3v) is 7.18. The van der Waals surface area contributed by atoms with Crippen LogP contribution in [0.3, 0.4) is 0 Å². The molecule has 4 heterocycles. The van der Waals surface area contributed by atoms with Crippen LogP contribution in [-0.4, -0.2) is 76.9 Å². The van der Waals surface area contributed by atoms with Crippen molar-refractivity contribution in [3.63, 3.8) is 0 Å². The van der Waals surface area contributed by atoms with Crippen molar-refractivity contribution in [2.75, 3.05) is 46.5 Å². The fraction of sp³-hybridized carbons (Fsp3) is 0.370. The fourth-order valence-corrected chi connectivity index (χ4v) is 5.41. The molecule has 0 bridgehead atoms. The number of hydrogen-bond acceptors (Lipinski definition) is 6. The van der Waals surface area contributed by atoms with E-state index in [0.717, 1.165) is 62.9 Å². The van der Waals surface area contributed by atoms with Crippen LogP contribution in [0.4, 0.5) is 0 Å². The van der Waals surface area contributed by atoms with E-state index in [9.17, 15) is 4.79 Å². The summed E-state index contributed by atoms with van der Waals surface area (Å²) >= 11 is 5.85. The van der Waals surface area contributed by atoms with E-state index in [4.69, 9.17) is 21.7 Å².